The van der Waals surface area contributed by atoms with Crippen LogP contribution in [0, 0.1) is 6.92 Å². The van der Waals surface area contributed by atoms with Gasteiger partial charge in [-0.2, -0.15) is 0 Å². The fraction of sp³-hybridized carbons (Fsp3) is 0.0556. The van der Waals surface area contributed by atoms with E-state index < -0.39 is 0 Å². The summed E-state index contributed by atoms with van der Waals surface area (Å²) in [4.78, 5) is 4.66. The predicted octanol–water partition coefficient (Wildman–Crippen LogP) is 4.54. The second kappa shape index (κ2) is 4.35. The first-order chi connectivity index (χ1) is 10.2. The molecule has 0 unspecified atom stereocenters. The zero-order valence-corrected chi connectivity index (χ0v) is 11.6. The maximum absolute atomic E-state index is 5.97. The molecule has 1 heterocycles. The van der Waals surface area contributed by atoms with Gasteiger partial charge >= 0.3 is 0 Å². The number of hydrogen-bond acceptors (Lipinski definition) is 3. The van der Waals surface area contributed by atoms with Gasteiger partial charge in [0.05, 0.1) is 0 Å². The van der Waals surface area contributed by atoms with E-state index in [1.54, 1.807) is 0 Å². The molecule has 0 saturated carbocycles. The number of anilines is 1. The molecule has 0 spiro atoms. The summed E-state index contributed by atoms with van der Waals surface area (Å²) in [6, 6.07) is 18.1. The van der Waals surface area contributed by atoms with Crippen LogP contribution in [0.15, 0.2) is 59.0 Å². The predicted molar refractivity (Wildman–Crippen MR) is 86.1 cm³/mol. The molecule has 21 heavy (non-hydrogen) atoms. The molecule has 0 aliphatic heterocycles. The van der Waals surface area contributed by atoms with Gasteiger partial charge in [-0.15, -0.1) is 0 Å². The Kier molecular flexibility index (Phi) is 2.48. The van der Waals surface area contributed by atoms with Crippen molar-refractivity contribution in [2.75, 3.05) is 5.73 Å². The number of aromatic nitrogens is 1. The van der Waals surface area contributed by atoms with E-state index in [0.717, 1.165) is 38.7 Å². The highest BCUT2D eigenvalue weighted by atomic mass is 16.3. The minimum Gasteiger partial charge on any atom is -0.436 e. The summed E-state index contributed by atoms with van der Waals surface area (Å²) in [5, 5.41) is 2.26. The summed E-state index contributed by atoms with van der Waals surface area (Å²) in [5.41, 5.74) is 10.4. The van der Waals surface area contributed by atoms with Gasteiger partial charge in [0, 0.05) is 16.6 Å². The van der Waals surface area contributed by atoms with Gasteiger partial charge in [-0.05, 0) is 36.1 Å². The van der Waals surface area contributed by atoms with E-state index in [0.29, 0.717) is 5.89 Å². The largest absolute Gasteiger partial charge is 0.436 e. The van der Waals surface area contributed by atoms with Crippen molar-refractivity contribution in [3.63, 3.8) is 0 Å². The maximum Gasteiger partial charge on any atom is 0.227 e. The van der Waals surface area contributed by atoms with E-state index in [1.807, 2.05) is 43.3 Å². The molecule has 0 radical (unpaired) electrons. The van der Waals surface area contributed by atoms with Crippen LogP contribution in [-0.2, 0) is 0 Å². The monoisotopic (exact) mass is 274 g/mol. The van der Waals surface area contributed by atoms with E-state index in [1.165, 1.54) is 0 Å². The van der Waals surface area contributed by atoms with Crippen LogP contribution in [0.2, 0.25) is 0 Å². The standard InChI is InChI=1S/C18H14N2O/c1-11-6-7-13(10-15(11)19)18-20-17-14-5-3-2-4-12(14)8-9-16(17)21-18/h2-10H,19H2,1H3. The zero-order valence-electron chi connectivity index (χ0n) is 11.6. The summed E-state index contributed by atoms with van der Waals surface area (Å²) in [5.74, 6) is 0.605. The van der Waals surface area contributed by atoms with Crippen LogP contribution in [-0.4, -0.2) is 4.98 Å². The lowest BCUT2D eigenvalue weighted by Crippen LogP contribution is -1.89. The van der Waals surface area contributed by atoms with E-state index in [4.69, 9.17) is 10.2 Å². The fourth-order valence-electron chi connectivity index (χ4n) is 2.56. The number of oxazole rings is 1. The van der Waals surface area contributed by atoms with Crippen LogP contribution in [0.25, 0.3) is 33.3 Å². The average molecular weight is 274 g/mol. The molecular weight excluding hydrogens is 260 g/mol. The summed E-state index contributed by atoms with van der Waals surface area (Å²) < 4.78 is 5.89. The smallest absolute Gasteiger partial charge is 0.227 e. The molecule has 0 amide bonds. The highest BCUT2D eigenvalue weighted by Gasteiger charge is 2.11. The molecule has 4 rings (SSSR count). The van der Waals surface area contributed by atoms with E-state index >= 15 is 0 Å². The van der Waals surface area contributed by atoms with Gasteiger partial charge in [0.15, 0.2) is 5.58 Å². The molecule has 3 heteroatoms. The Balaban J connectivity index is 1.98. The number of nitrogen functional groups attached to an aromatic ring is 1. The van der Waals surface area contributed by atoms with Crippen molar-refractivity contribution < 1.29 is 4.42 Å². The lowest BCUT2D eigenvalue weighted by atomic mass is 10.1. The van der Waals surface area contributed by atoms with Crippen molar-refractivity contribution in [2.45, 2.75) is 6.92 Å². The number of rotatable bonds is 1. The molecule has 1 aromatic heterocycles. The van der Waals surface area contributed by atoms with E-state index in [-0.39, 0.29) is 0 Å². The van der Waals surface area contributed by atoms with E-state index in [2.05, 4.69) is 23.2 Å². The number of nitrogens with zero attached hydrogens (tertiary/aromatic N) is 1. The Morgan fingerprint density at radius 2 is 1.86 bits per heavy atom. The SMILES string of the molecule is Cc1ccc(-c2nc3c(ccc4ccccc43)o2)cc1N. The first-order valence-corrected chi connectivity index (χ1v) is 6.87. The third kappa shape index (κ3) is 1.86. The van der Waals surface area contributed by atoms with Crippen molar-refractivity contribution in [3.8, 4) is 11.5 Å². The van der Waals surface area contributed by atoms with Crippen LogP contribution in [0.3, 0.4) is 0 Å². The number of fused-ring (bicyclic) bond motifs is 3. The van der Waals surface area contributed by atoms with Crippen molar-refractivity contribution in [1.82, 2.24) is 4.98 Å². The first kappa shape index (κ1) is 12.0. The third-order valence-electron chi connectivity index (χ3n) is 3.81. The molecule has 102 valence electrons. The molecular formula is C18H14N2O. The zero-order chi connectivity index (χ0) is 14.4. The quantitative estimate of drug-likeness (QED) is 0.518. The van der Waals surface area contributed by atoms with Crippen LogP contribution in [0.5, 0.6) is 0 Å². The summed E-state index contributed by atoms with van der Waals surface area (Å²) >= 11 is 0. The Labute approximate surface area is 122 Å². The Morgan fingerprint density at radius 1 is 1.00 bits per heavy atom. The van der Waals surface area contributed by atoms with Crippen LogP contribution < -0.4 is 5.73 Å². The van der Waals surface area contributed by atoms with E-state index in [9.17, 15) is 0 Å². The van der Waals surface area contributed by atoms with Crippen LogP contribution >= 0.6 is 0 Å². The molecule has 0 aliphatic carbocycles. The summed E-state index contributed by atoms with van der Waals surface area (Å²) in [6.45, 7) is 1.98. The summed E-state index contributed by atoms with van der Waals surface area (Å²) in [7, 11) is 0. The Morgan fingerprint density at radius 3 is 2.71 bits per heavy atom. The highest BCUT2D eigenvalue weighted by Crippen LogP contribution is 2.30. The van der Waals surface area contributed by atoms with Gasteiger partial charge < -0.3 is 10.2 Å². The Hall–Kier alpha value is -2.81. The van der Waals surface area contributed by atoms with Gasteiger partial charge in [0.25, 0.3) is 0 Å². The molecule has 4 aromatic rings. The van der Waals surface area contributed by atoms with Gasteiger partial charge in [0.2, 0.25) is 5.89 Å². The minimum absolute atomic E-state index is 0.605. The van der Waals surface area contributed by atoms with Crippen molar-refractivity contribution >= 4 is 27.6 Å². The van der Waals surface area contributed by atoms with Gasteiger partial charge in [0.1, 0.15) is 5.52 Å². The molecule has 0 atom stereocenters. The third-order valence-corrected chi connectivity index (χ3v) is 3.81. The van der Waals surface area contributed by atoms with Crippen molar-refractivity contribution in [1.29, 1.82) is 0 Å². The number of aryl methyl sites for hydroxylation is 1. The minimum atomic E-state index is 0.605. The summed E-state index contributed by atoms with van der Waals surface area (Å²) in [6.07, 6.45) is 0. The highest BCUT2D eigenvalue weighted by molar-refractivity contribution is 6.03. The first-order valence-electron chi connectivity index (χ1n) is 6.87. The molecule has 0 saturated heterocycles. The molecule has 2 N–H and O–H groups in total. The molecule has 3 nitrogen and oxygen atoms in total. The van der Waals surface area contributed by atoms with Crippen LogP contribution in [0.1, 0.15) is 5.56 Å². The average Bonchev–Trinajstić information content (AvgIpc) is 2.94. The topological polar surface area (TPSA) is 52.0 Å². The molecule has 0 bridgehead atoms. The molecule has 0 fully saturated rings. The second-order valence-corrected chi connectivity index (χ2v) is 5.22. The lowest BCUT2D eigenvalue weighted by Gasteiger charge is -2.00. The lowest BCUT2D eigenvalue weighted by molar-refractivity contribution is 0.620. The van der Waals surface area contributed by atoms with Gasteiger partial charge in [-0.25, -0.2) is 4.98 Å². The van der Waals surface area contributed by atoms with Crippen molar-refractivity contribution in [2.24, 2.45) is 0 Å². The van der Waals surface area contributed by atoms with Crippen LogP contribution in [0.4, 0.5) is 5.69 Å². The van der Waals surface area contributed by atoms with Crippen molar-refractivity contribution in [3.05, 3.63) is 60.2 Å². The van der Waals surface area contributed by atoms with Gasteiger partial charge in [-0.3, -0.25) is 0 Å². The molecule has 3 aromatic carbocycles. The number of nitrogens with two attached hydrogens (primary N) is 1. The Bertz CT molecular complexity index is 969. The van der Waals surface area contributed by atoms with Gasteiger partial charge in [-0.1, -0.05) is 36.4 Å². The normalized spacial score (nSPS) is 11.3. The number of benzene rings is 3. The second-order valence-electron chi connectivity index (χ2n) is 5.22. The maximum atomic E-state index is 5.97. The number of hydrogen-bond donors (Lipinski definition) is 1. The fourth-order valence-corrected chi connectivity index (χ4v) is 2.56. The molecule has 0 aliphatic rings.